The van der Waals surface area contributed by atoms with Crippen LogP contribution >= 0.6 is 31.9 Å². The summed E-state index contributed by atoms with van der Waals surface area (Å²) in [7, 11) is 0. The van der Waals surface area contributed by atoms with Crippen LogP contribution < -0.4 is 0 Å². The molecule has 2 aromatic carbocycles. The third-order valence-electron chi connectivity index (χ3n) is 3.26. The van der Waals surface area contributed by atoms with E-state index in [1.54, 1.807) is 36.7 Å². The zero-order valence-corrected chi connectivity index (χ0v) is 16.2. The molecule has 4 nitrogen and oxygen atoms in total. The maximum absolute atomic E-state index is 9.70. The Morgan fingerprint density at radius 1 is 0.750 bits per heavy atom. The van der Waals surface area contributed by atoms with Gasteiger partial charge >= 0.3 is 0 Å². The molecule has 0 aliphatic carbocycles. The molecule has 0 spiro atoms. The molecule has 0 saturated carbocycles. The smallest absolute Gasteiger partial charge is 0.124 e. The van der Waals surface area contributed by atoms with E-state index < -0.39 is 0 Å². The van der Waals surface area contributed by atoms with E-state index in [2.05, 4.69) is 41.8 Å². The fourth-order valence-corrected chi connectivity index (χ4v) is 2.75. The van der Waals surface area contributed by atoms with E-state index in [1.807, 2.05) is 12.1 Å². The summed E-state index contributed by atoms with van der Waals surface area (Å²) in [6, 6.07) is 10.5. The molecular formula is C18H18Br2N2O2. The van der Waals surface area contributed by atoms with Crippen molar-refractivity contribution < 1.29 is 10.2 Å². The van der Waals surface area contributed by atoms with Crippen molar-refractivity contribution in [2.75, 3.05) is 13.1 Å². The monoisotopic (exact) mass is 452 g/mol. The number of hydrogen-bond donors (Lipinski definition) is 2. The van der Waals surface area contributed by atoms with E-state index in [1.165, 1.54) is 0 Å². The highest BCUT2D eigenvalue weighted by Crippen LogP contribution is 2.21. The molecule has 0 atom stereocenters. The van der Waals surface area contributed by atoms with Crippen LogP contribution in [0.25, 0.3) is 0 Å². The summed E-state index contributed by atoms with van der Waals surface area (Å²) in [6.07, 6.45) is 5.19. The first kappa shape index (κ1) is 18.7. The molecule has 0 aliphatic heterocycles. The number of phenolic OH excluding ortho intramolecular Hbond substituents is 2. The Labute approximate surface area is 158 Å². The topological polar surface area (TPSA) is 65.2 Å². The van der Waals surface area contributed by atoms with Gasteiger partial charge in [-0.25, -0.2) is 0 Å². The number of benzene rings is 2. The molecule has 126 valence electrons. The van der Waals surface area contributed by atoms with Crippen molar-refractivity contribution in [2.24, 2.45) is 9.98 Å². The van der Waals surface area contributed by atoms with Gasteiger partial charge in [-0.15, -0.1) is 0 Å². The Morgan fingerprint density at radius 2 is 1.17 bits per heavy atom. The molecule has 2 aromatic rings. The van der Waals surface area contributed by atoms with Crippen LogP contribution in [0.4, 0.5) is 0 Å². The Bertz CT molecular complexity index is 682. The average molecular weight is 454 g/mol. The minimum absolute atomic E-state index is 0.223. The largest absolute Gasteiger partial charge is 0.507 e. The number of halogens is 2. The van der Waals surface area contributed by atoms with Crippen molar-refractivity contribution >= 4 is 44.3 Å². The second-order valence-electron chi connectivity index (χ2n) is 5.18. The summed E-state index contributed by atoms with van der Waals surface area (Å²) in [6.45, 7) is 1.37. The number of aliphatic imine (C=N–C) groups is 2. The lowest BCUT2D eigenvalue weighted by atomic mass is 10.2. The lowest BCUT2D eigenvalue weighted by Crippen LogP contribution is -1.90. The van der Waals surface area contributed by atoms with Gasteiger partial charge in [0.05, 0.1) is 0 Å². The fourth-order valence-electron chi connectivity index (χ4n) is 1.99. The zero-order valence-electron chi connectivity index (χ0n) is 13.0. The second kappa shape index (κ2) is 9.59. The van der Waals surface area contributed by atoms with Crippen molar-refractivity contribution in [3.63, 3.8) is 0 Å². The van der Waals surface area contributed by atoms with Gasteiger partial charge in [0.25, 0.3) is 0 Å². The fraction of sp³-hybridized carbons (Fsp3) is 0.222. The predicted molar refractivity (Wildman–Crippen MR) is 106 cm³/mol. The molecule has 0 saturated heterocycles. The van der Waals surface area contributed by atoms with E-state index >= 15 is 0 Å². The Morgan fingerprint density at radius 3 is 1.58 bits per heavy atom. The van der Waals surface area contributed by atoms with Gasteiger partial charge < -0.3 is 10.2 Å². The summed E-state index contributed by atoms with van der Waals surface area (Å²) < 4.78 is 1.82. The Hall–Kier alpha value is -1.66. The van der Waals surface area contributed by atoms with E-state index in [9.17, 15) is 10.2 Å². The number of rotatable bonds is 7. The van der Waals surface area contributed by atoms with Crippen molar-refractivity contribution in [1.29, 1.82) is 0 Å². The molecule has 6 heteroatoms. The highest BCUT2D eigenvalue weighted by atomic mass is 79.9. The van der Waals surface area contributed by atoms with Crippen molar-refractivity contribution in [3.8, 4) is 11.5 Å². The average Bonchev–Trinajstić information content (AvgIpc) is 2.56. The van der Waals surface area contributed by atoms with Crippen LogP contribution in [0.2, 0.25) is 0 Å². The predicted octanol–water partition coefficient (Wildman–Crippen LogP) is 4.94. The Balaban J connectivity index is 1.71. The standard InChI is InChI=1S/C18H18Br2N2O2/c19-15-3-5-17(23)13(9-15)11-21-7-1-2-8-22-12-14-10-16(20)4-6-18(14)24/h3-6,9-12,23-24H,1-2,7-8H2. The van der Waals surface area contributed by atoms with Crippen LogP contribution in [-0.4, -0.2) is 35.7 Å². The van der Waals surface area contributed by atoms with Gasteiger partial charge in [-0.3, -0.25) is 9.98 Å². The third-order valence-corrected chi connectivity index (χ3v) is 4.25. The zero-order chi connectivity index (χ0) is 17.4. The minimum atomic E-state index is 0.223. The second-order valence-corrected chi connectivity index (χ2v) is 7.02. The van der Waals surface area contributed by atoms with Gasteiger partial charge in [-0.2, -0.15) is 0 Å². The van der Waals surface area contributed by atoms with E-state index in [4.69, 9.17) is 0 Å². The van der Waals surface area contributed by atoms with Gasteiger partial charge in [-0.05, 0) is 49.2 Å². The maximum Gasteiger partial charge on any atom is 0.124 e. The van der Waals surface area contributed by atoms with Gasteiger partial charge in [0.15, 0.2) is 0 Å². The van der Waals surface area contributed by atoms with E-state index in [0.717, 1.165) is 21.8 Å². The molecule has 2 N–H and O–H groups in total. The number of aromatic hydroxyl groups is 2. The number of unbranched alkanes of at least 4 members (excludes halogenated alkanes) is 1. The van der Waals surface area contributed by atoms with Crippen LogP contribution in [0.15, 0.2) is 55.3 Å². The Kier molecular flexibility index (Phi) is 7.46. The first-order valence-corrected chi connectivity index (χ1v) is 9.11. The van der Waals surface area contributed by atoms with Crippen LogP contribution in [0.1, 0.15) is 24.0 Å². The van der Waals surface area contributed by atoms with Gasteiger partial charge in [0.1, 0.15) is 11.5 Å². The summed E-state index contributed by atoms with van der Waals surface area (Å²) in [4.78, 5) is 8.64. The first-order chi connectivity index (χ1) is 11.6. The van der Waals surface area contributed by atoms with Gasteiger partial charge in [0.2, 0.25) is 0 Å². The molecule has 0 radical (unpaired) electrons. The first-order valence-electron chi connectivity index (χ1n) is 7.53. The van der Waals surface area contributed by atoms with Crippen LogP contribution in [0.5, 0.6) is 11.5 Å². The quantitative estimate of drug-likeness (QED) is 0.460. The summed E-state index contributed by atoms with van der Waals surface area (Å²) in [5, 5.41) is 19.4. The van der Waals surface area contributed by atoms with Crippen LogP contribution in [0.3, 0.4) is 0 Å². The van der Waals surface area contributed by atoms with Gasteiger partial charge in [-0.1, -0.05) is 31.9 Å². The lowest BCUT2D eigenvalue weighted by Gasteiger charge is -2.00. The van der Waals surface area contributed by atoms with Gasteiger partial charge in [0, 0.05) is 45.6 Å². The molecule has 0 aromatic heterocycles. The van der Waals surface area contributed by atoms with Crippen LogP contribution in [-0.2, 0) is 0 Å². The molecule has 0 unspecified atom stereocenters. The highest BCUT2D eigenvalue weighted by Gasteiger charge is 1.99. The summed E-state index contributed by atoms with van der Waals surface area (Å²) in [5.41, 5.74) is 1.40. The minimum Gasteiger partial charge on any atom is -0.507 e. The maximum atomic E-state index is 9.70. The molecule has 0 aliphatic rings. The summed E-state index contributed by atoms with van der Waals surface area (Å²) in [5.74, 6) is 0.445. The SMILES string of the molecule is Oc1ccc(Br)cc1C=NCCCCN=Cc1cc(Br)ccc1O. The number of nitrogens with zero attached hydrogens (tertiary/aromatic N) is 2. The lowest BCUT2D eigenvalue weighted by molar-refractivity contribution is 0.474. The van der Waals surface area contributed by atoms with Crippen molar-refractivity contribution in [2.45, 2.75) is 12.8 Å². The molecule has 2 rings (SSSR count). The molecular weight excluding hydrogens is 436 g/mol. The van der Waals surface area contributed by atoms with E-state index in [-0.39, 0.29) is 11.5 Å². The molecule has 24 heavy (non-hydrogen) atoms. The molecule has 0 heterocycles. The van der Waals surface area contributed by atoms with Crippen LogP contribution in [0, 0.1) is 0 Å². The van der Waals surface area contributed by atoms with Crippen molar-refractivity contribution in [3.05, 3.63) is 56.5 Å². The van der Waals surface area contributed by atoms with Crippen molar-refractivity contribution in [1.82, 2.24) is 0 Å². The number of phenols is 2. The number of hydrogen-bond acceptors (Lipinski definition) is 4. The molecule has 0 bridgehead atoms. The third kappa shape index (κ3) is 6.09. The van der Waals surface area contributed by atoms with E-state index in [0.29, 0.717) is 24.2 Å². The highest BCUT2D eigenvalue weighted by molar-refractivity contribution is 9.10. The normalized spacial score (nSPS) is 11.6. The molecule has 0 amide bonds. The summed E-state index contributed by atoms with van der Waals surface area (Å²) >= 11 is 6.73. The molecule has 0 fully saturated rings.